The van der Waals surface area contributed by atoms with E-state index in [1.807, 2.05) is 24.3 Å². The number of imidazole rings is 1. The van der Waals surface area contributed by atoms with Crippen LogP contribution in [0.15, 0.2) is 53.7 Å². The number of hydrogen-bond donors (Lipinski definition) is 2. The fourth-order valence-electron chi connectivity index (χ4n) is 3.75. The molecule has 2 aromatic carbocycles. The molecular weight excluding hydrogens is 356 g/mol. The molecule has 1 fully saturated rings. The number of likely N-dealkylation sites (N-methyl/N-ethyl adjacent to an activating group) is 1. The van der Waals surface area contributed by atoms with Gasteiger partial charge in [0.15, 0.2) is 5.16 Å². The van der Waals surface area contributed by atoms with Crippen molar-refractivity contribution in [1.29, 1.82) is 0 Å². The molecule has 2 heterocycles. The molecule has 4 rings (SSSR count). The predicted molar refractivity (Wildman–Crippen MR) is 110 cm³/mol. The topological polar surface area (TPSA) is 61.0 Å². The number of likely N-dealkylation sites (tertiary alicyclic amines) is 1. The third kappa shape index (κ3) is 4.01. The van der Waals surface area contributed by atoms with Crippen LogP contribution < -0.4 is 5.32 Å². The van der Waals surface area contributed by atoms with Gasteiger partial charge in [0, 0.05) is 25.4 Å². The monoisotopic (exact) mass is 380 g/mol. The number of hydrogen-bond acceptors (Lipinski definition) is 4. The number of carbonyl (C=O) groups is 1. The number of aromatic amines is 1. The number of carbonyl (C=O) groups excluding carboxylic acids is 1. The van der Waals surface area contributed by atoms with Gasteiger partial charge < -0.3 is 10.3 Å². The van der Waals surface area contributed by atoms with E-state index < -0.39 is 0 Å². The van der Waals surface area contributed by atoms with E-state index in [2.05, 4.69) is 51.4 Å². The largest absolute Gasteiger partial charge is 0.358 e. The third-order valence-electron chi connectivity index (χ3n) is 5.03. The number of rotatable bonds is 5. The van der Waals surface area contributed by atoms with Crippen molar-refractivity contribution in [2.75, 3.05) is 13.6 Å². The number of thioether (sulfide) groups is 1. The van der Waals surface area contributed by atoms with Crippen molar-refractivity contribution in [2.45, 2.75) is 36.3 Å². The highest BCUT2D eigenvalue weighted by molar-refractivity contribution is 7.99. The molecule has 1 aromatic heterocycles. The van der Waals surface area contributed by atoms with E-state index in [1.165, 1.54) is 11.1 Å². The van der Waals surface area contributed by atoms with Crippen molar-refractivity contribution in [2.24, 2.45) is 0 Å². The molecular formula is C21H24N4OS. The molecule has 3 aromatic rings. The Hall–Kier alpha value is -2.31. The Morgan fingerprint density at radius 1 is 1.30 bits per heavy atom. The molecule has 5 nitrogen and oxygen atoms in total. The van der Waals surface area contributed by atoms with E-state index in [0.717, 1.165) is 35.7 Å². The molecule has 1 aliphatic heterocycles. The number of para-hydroxylation sites is 2. The van der Waals surface area contributed by atoms with Gasteiger partial charge in [-0.2, -0.15) is 0 Å². The van der Waals surface area contributed by atoms with E-state index in [4.69, 9.17) is 0 Å². The summed E-state index contributed by atoms with van der Waals surface area (Å²) in [6.45, 7) is 3.76. The average molecular weight is 381 g/mol. The molecule has 2 atom stereocenters. The van der Waals surface area contributed by atoms with Crippen LogP contribution in [0.1, 0.15) is 17.5 Å². The van der Waals surface area contributed by atoms with Gasteiger partial charge in [0.1, 0.15) is 0 Å². The Balaban J connectivity index is 1.50. The Kier molecular flexibility index (Phi) is 5.18. The Morgan fingerprint density at radius 2 is 2.15 bits per heavy atom. The summed E-state index contributed by atoms with van der Waals surface area (Å²) < 4.78 is 0. The zero-order chi connectivity index (χ0) is 18.8. The minimum absolute atomic E-state index is 0.0929. The van der Waals surface area contributed by atoms with Gasteiger partial charge >= 0.3 is 0 Å². The maximum Gasteiger partial charge on any atom is 0.237 e. The van der Waals surface area contributed by atoms with Crippen molar-refractivity contribution in [1.82, 2.24) is 20.2 Å². The summed E-state index contributed by atoms with van der Waals surface area (Å²) >= 11 is 1.74. The molecule has 1 aliphatic rings. The molecule has 0 bridgehead atoms. The third-order valence-corrected chi connectivity index (χ3v) is 6.12. The fourth-order valence-corrected chi connectivity index (χ4v) is 4.93. The second-order valence-corrected chi connectivity index (χ2v) is 8.37. The number of aryl methyl sites for hydroxylation is 1. The van der Waals surface area contributed by atoms with Crippen LogP contribution in [0.3, 0.4) is 0 Å². The van der Waals surface area contributed by atoms with Gasteiger partial charge in [0.05, 0.1) is 17.1 Å². The SMILES string of the molecule is CNC(=O)[C@@H]1C[C@H](Sc2nc3ccccc3[nH]2)CN1Cc1cccc(C)c1. The molecule has 0 unspecified atom stereocenters. The zero-order valence-corrected chi connectivity index (χ0v) is 16.4. The summed E-state index contributed by atoms with van der Waals surface area (Å²) in [7, 11) is 1.72. The van der Waals surface area contributed by atoms with Crippen LogP contribution in [0, 0.1) is 6.92 Å². The summed E-state index contributed by atoms with van der Waals surface area (Å²) in [6.07, 6.45) is 0.827. The molecule has 2 N–H and O–H groups in total. The molecule has 1 amide bonds. The Bertz CT molecular complexity index is 921. The fraction of sp³-hybridized carbons (Fsp3) is 0.333. The number of nitrogens with zero attached hydrogens (tertiary/aromatic N) is 2. The van der Waals surface area contributed by atoms with E-state index in [1.54, 1.807) is 18.8 Å². The Labute approximate surface area is 163 Å². The zero-order valence-electron chi connectivity index (χ0n) is 15.6. The number of aromatic nitrogens is 2. The van der Waals surface area contributed by atoms with Crippen LogP contribution in [0.2, 0.25) is 0 Å². The molecule has 0 radical (unpaired) electrons. The molecule has 1 saturated heterocycles. The van der Waals surface area contributed by atoms with Crippen LogP contribution in [0.5, 0.6) is 0 Å². The second kappa shape index (κ2) is 7.74. The van der Waals surface area contributed by atoms with E-state index in [9.17, 15) is 4.79 Å². The van der Waals surface area contributed by atoms with Crippen molar-refractivity contribution in [3.63, 3.8) is 0 Å². The summed E-state index contributed by atoms with van der Waals surface area (Å²) in [5.74, 6) is 0.0929. The van der Waals surface area contributed by atoms with Crippen molar-refractivity contribution < 1.29 is 4.79 Å². The van der Waals surface area contributed by atoms with Gasteiger partial charge in [0.2, 0.25) is 5.91 Å². The first kappa shape index (κ1) is 18.1. The van der Waals surface area contributed by atoms with Crippen LogP contribution in [-0.2, 0) is 11.3 Å². The first-order chi connectivity index (χ1) is 13.1. The lowest BCUT2D eigenvalue weighted by Crippen LogP contribution is -2.41. The van der Waals surface area contributed by atoms with Crippen molar-refractivity contribution >= 4 is 28.7 Å². The minimum atomic E-state index is -0.0996. The number of amides is 1. The summed E-state index contributed by atoms with van der Waals surface area (Å²) in [5, 5.41) is 4.08. The summed E-state index contributed by atoms with van der Waals surface area (Å²) in [5.41, 5.74) is 4.53. The molecule has 6 heteroatoms. The maximum absolute atomic E-state index is 12.4. The van der Waals surface area contributed by atoms with Gasteiger partial charge in [0.25, 0.3) is 0 Å². The lowest BCUT2D eigenvalue weighted by atomic mass is 10.1. The highest BCUT2D eigenvalue weighted by Crippen LogP contribution is 2.33. The normalized spacial score (nSPS) is 20.2. The van der Waals surface area contributed by atoms with Crippen LogP contribution in [0.25, 0.3) is 11.0 Å². The molecule has 0 aliphatic carbocycles. The lowest BCUT2D eigenvalue weighted by Gasteiger charge is -2.23. The van der Waals surface area contributed by atoms with Gasteiger partial charge in [-0.1, -0.05) is 53.7 Å². The van der Waals surface area contributed by atoms with Crippen molar-refractivity contribution in [3.8, 4) is 0 Å². The smallest absolute Gasteiger partial charge is 0.237 e. The summed E-state index contributed by atoms with van der Waals surface area (Å²) in [6, 6.07) is 16.5. The average Bonchev–Trinajstić information content (AvgIpc) is 3.24. The van der Waals surface area contributed by atoms with Crippen molar-refractivity contribution in [3.05, 3.63) is 59.7 Å². The first-order valence-electron chi connectivity index (χ1n) is 9.25. The predicted octanol–water partition coefficient (Wildman–Crippen LogP) is 3.35. The Morgan fingerprint density at radius 3 is 2.93 bits per heavy atom. The number of benzene rings is 2. The van der Waals surface area contributed by atoms with Crippen LogP contribution >= 0.6 is 11.8 Å². The first-order valence-corrected chi connectivity index (χ1v) is 10.1. The maximum atomic E-state index is 12.4. The van der Waals surface area contributed by atoms with Gasteiger partial charge in [-0.3, -0.25) is 9.69 Å². The molecule has 140 valence electrons. The minimum Gasteiger partial charge on any atom is -0.358 e. The highest BCUT2D eigenvalue weighted by atomic mass is 32.2. The van der Waals surface area contributed by atoms with Gasteiger partial charge in [-0.05, 0) is 31.0 Å². The van der Waals surface area contributed by atoms with Crippen LogP contribution in [0.4, 0.5) is 0 Å². The van der Waals surface area contributed by atoms with Gasteiger partial charge in [-0.25, -0.2) is 4.98 Å². The van der Waals surface area contributed by atoms with E-state index in [0.29, 0.717) is 5.25 Å². The highest BCUT2D eigenvalue weighted by Gasteiger charge is 2.37. The summed E-state index contributed by atoms with van der Waals surface area (Å²) in [4.78, 5) is 22.8. The number of fused-ring (bicyclic) bond motifs is 1. The number of H-pyrrole nitrogens is 1. The van der Waals surface area contributed by atoms with E-state index >= 15 is 0 Å². The molecule has 27 heavy (non-hydrogen) atoms. The van der Waals surface area contributed by atoms with E-state index in [-0.39, 0.29) is 11.9 Å². The second-order valence-electron chi connectivity index (χ2n) is 7.08. The molecule has 0 saturated carbocycles. The molecule has 0 spiro atoms. The van der Waals surface area contributed by atoms with Crippen LogP contribution in [-0.4, -0.2) is 45.7 Å². The number of nitrogens with one attached hydrogen (secondary N) is 2. The quantitative estimate of drug-likeness (QED) is 0.713. The standard InChI is InChI=1S/C21H24N4OS/c1-14-6-5-7-15(10-14)12-25-13-16(11-19(25)20(26)22-2)27-21-23-17-8-3-4-9-18(17)24-21/h3-10,16,19H,11-13H2,1-2H3,(H,22,26)(H,23,24)/t16-,19-/m0/s1. The lowest BCUT2D eigenvalue weighted by molar-refractivity contribution is -0.125. The van der Waals surface area contributed by atoms with Gasteiger partial charge in [-0.15, -0.1) is 0 Å².